The molecule has 0 aliphatic carbocycles. The molecule has 9 heteroatoms. The highest BCUT2D eigenvalue weighted by atomic mass is 79.9. The van der Waals surface area contributed by atoms with Crippen LogP contribution in [0.3, 0.4) is 0 Å². The molecule has 2 N–H and O–H groups in total. The lowest BCUT2D eigenvalue weighted by molar-refractivity contribution is 0.248. The van der Waals surface area contributed by atoms with Crippen molar-refractivity contribution in [1.82, 2.24) is 30.0 Å². The van der Waals surface area contributed by atoms with Crippen molar-refractivity contribution in [2.24, 2.45) is 0 Å². The molecule has 0 aliphatic heterocycles. The van der Waals surface area contributed by atoms with Gasteiger partial charge in [0.15, 0.2) is 5.82 Å². The SMILES string of the molecule is Cc1cc(NC(=O)NC(C)c2ncnn2-c2ncccn2)c(C)cc1Br. The summed E-state index contributed by atoms with van der Waals surface area (Å²) in [6, 6.07) is 4.89. The van der Waals surface area contributed by atoms with E-state index in [0.29, 0.717) is 11.8 Å². The van der Waals surface area contributed by atoms with Gasteiger partial charge in [-0.2, -0.15) is 9.78 Å². The number of rotatable bonds is 4. The van der Waals surface area contributed by atoms with E-state index in [4.69, 9.17) is 0 Å². The van der Waals surface area contributed by atoms with E-state index in [-0.39, 0.29) is 6.03 Å². The van der Waals surface area contributed by atoms with Crippen molar-refractivity contribution in [2.45, 2.75) is 26.8 Å². The standard InChI is InChI=1S/C17H18BrN7O/c1-10-8-14(11(2)7-13(10)18)24-17(26)23-12(3)15-21-9-22-25(15)16-19-5-4-6-20-16/h4-9,12H,1-3H3,(H2,23,24,26). The molecule has 134 valence electrons. The van der Waals surface area contributed by atoms with Crippen molar-refractivity contribution in [3.63, 3.8) is 0 Å². The Morgan fingerprint density at radius 3 is 2.62 bits per heavy atom. The second-order valence-corrected chi connectivity index (χ2v) is 6.67. The minimum atomic E-state index is -0.391. The maximum Gasteiger partial charge on any atom is 0.319 e. The first-order valence-corrected chi connectivity index (χ1v) is 8.76. The van der Waals surface area contributed by atoms with Gasteiger partial charge in [-0.3, -0.25) is 0 Å². The van der Waals surface area contributed by atoms with Crippen LogP contribution >= 0.6 is 15.9 Å². The predicted octanol–water partition coefficient (Wildman–Crippen LogP) is 3.32. The molecule has 8 nitrogen and oxygen atoms in total. The minimum Gasteiger partial charge on any atom is -0.328 e. The van der Waals surface area contributed by atoms with Crippen LogP contribution in [0, 0.1) is 13.8 Å². The van der Waals surface area contributed by atoms with Crippen molar-refractivity contribution in [3.05, 3.63) is 58.3 Å². The normalized spacial score (nSPS) is 11.8. The Kier molecular flexibility index (Phi) is 5.27. The van der Waals surface area contributed by atoms with Gasteiger partial charge in [-0.25, -0.2) is 19.7 Å². The van der Waals surface area contributed by atoms with Crippen LogP contribution in [0.1, 0.15) is 29.9 Å². The summed E-state index contributed by atoms with van der Waals surface area (Å²) >= 11 is 3.48. The molecule has 0 aliphatic rings. The van der Waals surface area contributed by atoms with Gasteiger partial charge in [0.2, 0.25) is 0 Å². The number of halogens is 1. The molecule has 1 unspecified atom stereocenters. The number of aryl methyl sites for hydroxylation is 2. The number of hydrogen-bond donors (Lipinski definition) is 2. The number of nitrogens with zero attached hydrogens (tertiary/aromatic N) is 5. The Morgan fingerprint density at radius 1 is 1.15 bits per heavy atom. The minimum absolute atomic E-state index is 0.328. The van der Waals surface area contributed by atoms with E-state index >= 15 is 0 Å². The number of benzene rings is 1. The van der Waals surface area contributed by atoms with Gasteiger partial charge in [0, 0.05) is 22.6 Å². The fourth-order valence-electron chi connectivity index (χ4n) is 2.44. The number of amides is 2. The smallest absolute Gasteiger partial charge is 0.319 e. The number of anilines is 1. The summed E-state index contributed by atoms with van der Waals surface area (Å²) in [7, 11) is 0. The number of carbonyl (C=O) groups is 1. The molecule has 3 aromatic rings. The van der Waals surface area contributed by atoms with Crippen LogP contribution in [0.25, 0.3) is 5.95 Å². The number of aromatic nitrogens is 5. The molecule has 0 radical (unpaired) electrons. The van der Waals surface area contributed by atoms with Crippen LogP contribution in [0.5, 0.6) is 0 Å². The van der Waals surface area contributed by atoms with Gasteiger partial charge in [-0.15, -0.1) is 0 Å². The first-order chi connectivity index (χ1) is 12.5. The van der Waals surface area contributed by atoms with Crippen LogP contribution in [-0.4, -0.2) is 30.8 Å². The second-order valence-electron chi connectivity index (χ2n) is 5.82. The number of nitrogens with one attached hydrogen (secondary N) is 2. The van der Waals surface area contributed by atoms with E-state index in [2.05, 4.69) is 46.6 Å². The third-order valence-electron chi connectivity index (χ3n) is 3.80. The fraction of sp³-hybridized carbons (Fsp3) is 0.235. The van der Waals surface area contributed by atoms with E-state index in [9.17, 15) is 4.79 Å². The number of carbonyl (C=O) groups excluding carboxylic acids is 1. The lowest BCUT2D eigenvalue weighted by Crippen LogP contribution is -2.33. The van der Waals surface area contributed by atoms with Crippen molar-refractivity contribution >= 4 is 27.6 Å². The van der Waals surface area contributed by atoms with Crippen LogP contribution in [0.2, 0.25) is 0 Å². The molecule has 0 spiro atoms. The average molecular weight is 416 g/mol. The molecule has 0 saturated heterocycles. The van der Waals surface area contributed by atoms with Gasteiger partial charge in [-0.05, 0) is 50.1 Å². The highest BCUT2D eigenvalue weighted by Gasteiger charge is 2.18. The van der Waals surface area contributed by atoms with Crippen molar-refractivity contribution in [3.8, 4) is 5.95 Å². The predicted molar refractivity (Wildman–Crippen MR) is 101 cm³/mol. The molecular formula is C17H18BrN7O. The van der Waals surface area contributed by atoms with E-state index in [1.165, 1.54) is 11.0 Å². The maximum absolute atomic E-state index is 12.4. The highest BCUT2D eigenvalue weighted by molar-refractivity contribution is 9.10. The van der Waals surface area contributed by atoms with E-state index < -0.39 is 6.04 Å². The first kappa shape index (κ1) is 18.0. The second kappa shape index (κ2) is 7.61. The van der Waals surface area contributed by atoms with E-state index in [0.717, 1.165) is 21.3 Å². The molecule has 26 heavy (non-hydrogen) atoms. The summed E-state index contributed by atoms with van der Waals surface area (Å²) in [6.07, 6.45) is 4.65. The molecular weight excluding hydrogens is 398 g/mol. The Labute approximate surface area is 159 Å². The molecule has 1 aromatic carbocycles. The van der Waals surface area contributed by atoms with E-state index in [1.807, 2.05) is 32.9 Å². The molecule has 0 saturated carbocycles. The van der Waals surface area contributed by atoms with Gasteiger partial charge < -0.3 is 10.6 Å². The molecule has 0 fully saturated rings. The van der Waals surface area contributed by atoms with Crippen molar-refractivity contribution < 1.29 is 4.79 Å². The van der Waals surface area contributed by atoms with Gasteiger partial charge >= 0.3 is 6.03 Å². The van der Waals surface area contributed by atoms with Crippen molar-refractivity contribution in [1.29, 1.82) is 0 Å². The van der Waals surface area contributed by atoms with Gasteiger partial charge in [0.1, 0.15) is 6.33 Å². The summed E-state index contributed by atoms with van der Waals surface area (Å²) in [6.45, 7) is 5.73. The molecule has 3 rings (SSSR count). The van der Waals surface area contributed by atoms with Gasteiger partial charge in [0.25, 0.3) is 5.95 Å². The third kappa shape index (κ3) is 3.88. The molecule has 2 amide bonds. The van der Waals surface area contributed by atoms with Crippen LogP contribution in [0.15, 0.2) is 41.4 Å². The quantitative estimate of drug-likeness (QED) is 0.680. The largest absolute Gasteiger partial charge is 0.328 e. The van der Waals surface area contributed by atoms with Gasteiger partial charge in [0.05, 0.1) is 6.04 Å². The zero-order chi connectivity index (χ0) is 18.7. The van der Waals surface area contributed by atoms with Crippen LogP contribution < -0.4 is 10.6 Å². The molecule has 2 heterocycles. The maximum atomic E-state index is 12.4. The molecule has 2 aromatic heterocycles. The summed E-state index contributed by atoms with van der Waals surface area (Å²) in [5.41, 5.74) is 2.76. The Bertz CT molecular complexity index is 926. The topological polar surface area (TPSA) is 97.6 Å². The molecule has 1 atom stereocenters. The van der Waals surface area contributed by atoms with Crippen LogP contribution in [0.4, 0.5) is 10.5 Å². The monoisotopic (exact) mass is 415 g/mol. The lowest BCUT2D eigenvalue weighted by Gasteiger charge is -2.16. The van der Waals surface area contributed by atoms with Crippen molar-refractivity contribution in [2.75, 3.05) is 5.32 Å². The Hall–Kier alpha value is -2.81. The highest BCUT2D eigenvalue weighted by Crippen LogP contribution is 2.24. The summed E-state index contributed by atoms with van der Waals surface area (Å²) in [4.78, 5) is 24.9. The zero-order valence-electron chi connectivity index (χ0n) is 14.6. The van der Waals surface area contributed by atoms with Gasteiger partial charge in [-0.1, -0.05) is 15.9 Å². The summed E-state index contributed by atoms with van der Waals surface area (Å²) in [5.74, 6) is 0.934. The fourth-order valence-corrected chi connectivity index (χ4v) is 2.89. The lowest BCUT2D eigenvalue weighted by atomic mass is 10.1. The van der Waals surface area contributed by atoms with E-state index in [1.54, 1.807) is 18.5 Å². The molecule has 0 bridgehead atoms. The van der Waals surface area contributed by atoms with Crippen LogP contribution in [-0.2, 0) is 0 Å². The Balaban J connectivity index is 1.73. The third-order valence-corrected chi connectivity index (χ3v) is 4.66. The summed E-state index contributed by atoms with van der Waals surface area (Å²) < 4.78 is 2.50. The Morgan fingerprint density at radius 2 is 1.88 bits per heavy atom. The summed E-state index contributed by atoms with van der Waals surface area (Å²) in [5, 5.41) is 9.87. The average Bonchev–Trinajstić information content (AvgIpc) is 3.10. The first-order valence-electron chi connectivity index (χ1n) is 7.97. The number of hydrogen-bond acceptors (Lipinski definition) is 5. The number of urea groups is 1. The zero-order valence-corrected chi connectivity index (χ0v) is 16.1.